The Balaban J connectivity index is 0.00000242. The number of anilines is 1. The van der Waals surface area contributed by atoms with Gasteiger partial charge < -0.3 is 20.3 Å². The molecule has 1 aliphatic rings. The number of nitrogens with zero attached hydrogens (tertiary/aromatic N) is 4. The molecule has 1 fully saturated rings. The van der Waals surface area contributed by atoms with E-state index < -0.39 is 6.04 Å². The molecule has 2 N–H and O–H groups in total. The molecule has 0 aromatic carbocycles. The Morgan fingerprint density at radius 1 is 1.36 bits per heavy atom. The number of aryl methyl sites for hydroxylation is 1. The smallest absolute Gasteiger partial charge is 0.239 e. The maximum atomic E-state index is 11.9. The highest BCUT2D eigenvalue weighted by atomic mass is 35.5. The molecule has 0 spiro atoms. The summed E-state index contributed by atoms with van der Waals surface area (Å²) in [6.07, 6.45) is 0. The number of carbonyl (C=O) groups excluding carboxylic acids is 1. The molecule has 1 aromatic rings. The van der Waals surface area contributed by atoms with Gasteiger partial charge in [-0.3, -0.25) is 4.79 Å². The molecular weight excluding hydrogens is 306 g/mol. The Labute approximate surface area is 137 Å². The van der Waals surface area contributed by atoms with Crippen LogP contribution in [0, 0.1) is 6.92 Å². The Morgan fingerprint density at radius 3 is 2.55 bits per heavy atom. The number of rotatable bonds is 4. The van der Waals surface area contributed by atoms with Gasteiger partial charge in [0, 0.05) is 37.9 Å². The minimum absolute atomic E-state index is 0. The molecule has 1 aromatic heterocycles. The van der Waals surface area contributed by atoms with Gasteiger partial charge in [0.1, 0.15) is 0 Å². The summed E-state index contributed by atoms with van der Waals surface area (Å²) >= 11 is 0. The summed E-state index contributed by atoms with van der Waals surface area (Å²) in [5.41, 5.74) is 6.51. The molecule has 124 valence electrons. The third-order valence-electron chi connectivity index (χ3n) is 3.37. The number of ether oxygens (including phenoxy) is 1. The third kappa shape index (κ3) is 4.45. The highest BCUT2D eigenvalue weighted by Crippen LogP contribution is 2.17. The van der Waals surface area contributed by atoms with E-state index in [-0.39, 0.29) is 18.3 Å². The number of piperazine rings is 1. The van der Waals surface area contributed by atoms with Crippen molar-refractivity contribution >= 4 is 24.3 Å². The van der Waals surface area contributed by atoms with Gasteiger partial charge in [-0.1, -0.05) is 0 Å². The van der Waals surface area contributed by atoms with Crippen molar-refractivity contribution in [3.05, 3.63) is 11.8 Å². The van der Waals surface area contributed by atoms with Gasteiger partial charge in [-0.2, -0.15) is 4.98 Å². The van der Waals surface area contributed by atoms with Crippen molar-refractivity contribution in [1.82, 2.24) is 14.9 Å². The van der Waals surface area contributed by atoms with Crippen LogP contribution in [0.15, 0.2) is 6.07 Å². The minimum Gasteiger partial charge on any atom is -0.478 e. The number of hydrogen-bond acceptors (Lipinski definition) is 6. The van der Waals surface area contributed by atoms with Crippen molar-refractivity contribution in [2.24, 2.45) is 5.73 Å². The van der Waals surface area contributed by atoms with Crippen LogP contribution in [0.2, 0.25) is 0 Å². The summed E-state index contributed by atoms with van der Waals surface area (Å²) < 4.78 is 5.45. The van der Waals surface area contributed by atoms with E-state index >= 15 is 0 Å². The maximum Gasteiger partial charge on any atom is 0.239 e. The molecule has 1 atom stereocenters. The van der Waals surface area contributed by atoms with E-state index in [1.165, 1.54) is 0 Å². The van der Waals surface area contributed by atoms with E-state index in [2.05, 4.69) is 14.9 Å². The van der Waals surface area contributed by atoms with Gasteiger partial charge in [0.25, 0.3) is 0 Å². The molecule has 1 aliphatic heterocycles. The Kier molecular flexibility index (Phi) is 6.83. The van der Waals surface area contributed by atoms with Crippen molar-refractivity contribution in [3.8, 4) is 5.88 Å². The number of halogens is 1. The number of nitrogens with two attached hydrogens (primary N) is 1. The van der Waals surface area contributed by atoms with Gasteiger partial charge in [-0.05, 0) is 20.8 Å². The highest BCUT2D eigenvalue weighted by Gasteiger charge is 2.24. The molecule has 8 heteroatoms. The minimum atomic E-state index is -0.448. The summed E-state index contributed by atoms with van der Waals surface area (Å²) in [5.74, 6) is 1.25. The zero-order chi connectivity index (χ0) is 15.4. The van der Waals surface area contributed by atoms with E-state index in [4.69, 9.17) is 10.5 Å². The highest BCUT2D eigenvalue weighted by molar-refractivity contribution is 5.85. The third-order valence-corrected chi connectivity index (χ3v) is 3.37. The van der Waals surface area contributed by atoms with E-state index in [0.717, 1.165) is 5.69 Å². The number of carbonyl (C=O) groups is 1. The fourth-order valence-electron chi connectivity index (χ4n) is 2.30. The van der Waals surface area contributed by atoms with Crippen LogP contribution in [0.5, 0.6) is 5.88 Å². The second-order valence-corrected chi connectivity index (χ2v) is 5.18. The molecular formula is C14H24ClN5O2. The normalized spacial score (nSPS) is 16.0. The van der Waals surface area contributed by atoms with Crippen molar-refractivity contribution in [2.75, 3.05) is 37.7 Å². The molecule has 22 heavy (non-hydrogen) atoms. The quantitative estimate of drug-likeness (QED) is 0.871. The Hall–Kier alpha value is -1.60. The predicted octanol–water partition coefficient (Wildman–Crippen LogP) is 0.601. The Bertz CT molecular complexity index is 504. The molecule has 7 nitrogen and oxygen atoms in total. The summed E-state index contributed by atoms with van der Waals surface area (Å²) in [5, 5.41) is 0. The van der Waals surface area contributed by atoms with Crippen LogP contribution in [0.3, 0.4) is 0 Å². The standard InChI is InChI=1S/C14H23N5O2.ClH/c1-4-21-12-9-10(2)16-14(17-12)19-7-5-18(6-8-19)13(20)11(3)15;/h9,11H,4-8,15H2,1-3H3;1H. The van der Waals surface area contributed by atoms with E-state index in [1.807, 2.05) is 19.9 Å². The lowest BCUT2D eigenvalue weighted by atomic mass is 10.2. The Morgan fingerprint density at radius 2 is 2.00 bits per heavy atom. The van der Waals surface area contributed by atoms with Crippen LogP contribution in [0.25, 0.3) is 0 Å². The zero-order valence-electron chi connectivity index (χ0n) is 13.3. The summed E-state index contributed by atoms with van der Waals surface area (Å²) in [7, 11) is 0. The van der Waals surface area contributed by atoms with Crippen LogP contribution < -0.4 is 15.4 Å². The van der Waals surface area contributed by atoms with Crippen molar-refractivity contribution < 1.29 is 9.53 Å². The van der Waals surface area contributed by atoms with Gasteiger partial charge in [0.2, 0.25) is 17.7 Å². The topological polar surface area (TPSA) is 84.6 Å². The second kappa shape index (κ2) is 8.14. The number of aromatic nitrogens is 2. The summed E-state index contributed by atoms with van der Waals surface area (Å²) in [6, 6.07) is 1.37. The molecule has 2 rings (SSSR count). The van der Waals surface area contributed by atoms with E-state index in [9.17, 15) is 4.79 Å². The first-order valence-electron chi connectivity index (χ1n) is 7.29. The molecule has 1 unspecified atom stereocenters. The van der Waals surface area contributed by atoms with Crippen molar-refractivity contribution in [2.45, 2.75) is 26.8 Å². The van der Waals surface area contributed by atoms with Crippen LogP contribution in [-0.4, -0.2) is 59.6 Å². The van der Waals surface area contributed by atoms with Crippen LogP contribution >= 0.6 is 12.4 Å². The monoisotopic (exact) mass is 329 g/mol. The molecule has 0 bridgehead atoms. The predicted molar refractivity (Wildman–Crippen MR) is 87.6 cm³/mol. The van der Waals surface area contributed by atoms with Crippen LogP contribution in [0.4, 0.5) is 5.95 Å². The first-order chi connectivity index (χ1) is 10.0. The van der Waals surface area contributed by atoms with Gasteiger partial charge >= 0.3 is 0 Å². The van der Waals surface area contributed by atoms with Crippen molar-refractivity contribution in [1.29, 1.82) is 0 Å². The first kappa shape index (κ1) is 18.4. The molecule has 0 saturated carbocycles. The average Bonchev–Trinajstić information content (AvgIpc) is 2.46. The number of hydrogen-bond donors (Lipinski definition) is 1. The lowest BCUT2D eigenvalue weighted by Crippen LogP contribution is -2.52. The van der Waals surface area contributed by atoms with Crippen LogP contribution in [-0.2, 0) is 4.79 Å². The van der Waals surface area contributed by atoms with Gasteiger partial charge in [-0.25, -0.2) is 4.98 Å². The lowest BCUT2D eigenvalue weighted by molar-refractivity contribution is -0.132. The largest absolute Gasteiger partial charge is 0.478 e. The van der Waals surface area contributed by atoms with E-state index in [0.29, 0.717) is 44.6 Å². The van der Waals surface area contributed by atoms with Crippen molar-refractivity contribution in [3.63, 3.8) is 0 Å². The summed E-state index contributed by atoms with van der Waals surface area (Å²) in [6.45, 7) is 8.82. The molecule has 2 heterocycles. The second-order valence-electron chi connectivity index (χ2n) is 5.18. The fraction of sp³-hybridized carbons (Fsp3) is 0.643. The zero-order valence-corrected chi connectivity index (χ0v) is 14.1. The SMILES string of the molecule is CCOc1cc(C)nc(N2CCN(C(=O)C(C)N)CC2)n1.Cl. The molecule has 0 aliphatic carbocycles. The fourth-order valence-corrected chi connectivity index (χ4v) is 2.30. The van der Waals surface area contributed by atoms with Gasteiger partial charge in [-0.15, -0.1) is 12.4 Å². The summed E-state index contributed by atoms with van der Waals surface area (Å²) in [4.78, 5) is 24.6. The van der Waals surface area contributed by atoms with Gasteiger partial charge in [0.15, 0.2) is 0 Å². The molecule has 1 saturated heterocycles. The first-order valence-corrected chi connectivity index (χ1v) is 7.29. The molecule has 0 radical (unpaired) electrons. The molecule has 1 amide bonds. The lowest BCUT2D eigenvalue weighted by Gasteiger charge is -2.35. The average molecular weight is 330 g/mol. The number of amides is 1. The maximum absolute atomic E-state index is 11.9. The van der Waals surface area contributed by atoms with Gasteiger partial charge in [0.05, 0.1) is 12.6 Å². The van der Waals surface area contributed by atoms with E-state index in [1.54, 1.807) is 11.8 Å². The van der Waals surface area contributed by atoms with Crippen LogP contribution in [0.1, 0.15) is 19.5 Å².